The van der Waals surface area contributed by atoms with Gasteiger partial charge in [-0.1, -0.05) is 53.2 Å². The lowest BCUT2D eigenvalue weighted by Gasteiger charge is -2.14. The summed E-state index contributed by atoms with van der Waals surface area (Å²) in [6, 6.07) is 17.1. The van der Waals surface area contributed by atoms with Crippen LogP contribution in [0.25, 0.3) is 10.8 Å². The van der Waals surface area contributed by atoms with E-state index in [4.69, 9.17) is 4.74 Å². The van der Waals surface area contributed by atoms with E-state index in [1.54, 1.807) is 7.11 Å². The molecule has 0 bridgehead atoms. The van der Waals surface area contributed by atoms with Gasteiger partial charge in [-0.3, -0.25) is 0 Å². The molecule has 0 amide bonds. The Morgan fingerprint density at radius 2 is 1.81 bits per heavy atom. The average Bonchev–Trinajstić information content (AvgIpc) is 3.02. The lowest BCUT2D eigenvalue weighted by atomic mass is 10.0. The standard InChI is InChI=1S/C18H17BrOS/c1-3-12-8-11-17(21-12)18(19)15-9-10-16(20-2)14-7-5-4-6-13(14)15/h4-11,18H,3H2,1-2H3. The number of alkyl halides is 1. The maximum absolute atomic E-state index is 5.48. The van der Waals surface area contributed by atoms with E-state index >= 15 is 0 Å². The predicted octanol–water partition coefficient (Wildman–Crippen LogP) is 5.96. The van der Waals surface area contributed by atoms with Crippen LogP contribution in [0.15, 0.2) is 48.5 Å². The van der Waals surface area contributed by atoms with E-state index in [-0.39, 0.29) is 4.83 Å². The molecule has 0 N–H and O–H groups in total. The molecule has 0 saturated carbocycles. The van der Waals surface area contributed by atoms with E-state index in [0.717, 1.165) is 17.6 Å². The molecule has 21 heavy (non-hydrogen) atoms. The Labute approximate surface area is 137 Å². The first-order chi connectivity index (χ1) is 10.2. The highest BCUT2D eigenvalue weighted by Crippen LogP contribution is 2.40. The van der Waals surface area contributed by atoms with Crippen LogP contribution >= 0.6 is 27.3 Å². The highest BCUT2D eigenvalue weighted by Gasteiger charge is 2.16. The van der Waals surface area contributed by atoms with E-state index in [0.29, 0.717) is 0 Å². The molecule has 0 radical (unpaired) electrons. The number of aryl methyl sites for hydroxylation is 1. The van der Waals surface area contributed by atoms with Gasteiger partial charge >= 0.3 is 0 Å². The van der Waals surface area contributed by atoms with Crippen molar-refractivity contribution in [3.8, 4) is 5.75 Å². The van der Waals surface area contributed by atoms with Crippen LogP contribution in [0.2, 0.25) is 0 Å². The first-order valence-electron chi connectivity index (χ1n) is 7.03. The third kappa shape index (κ3) is 2.72. The van der Waals surface area contributed by atoms with E-state index in [9.17, 15) is 0 Å². The number of hydrogen-bond donors (Lipinski definition) is 0. The summed E-state index contributed by atoms with van der Waals surface area (Å²) in [5.74, 6) is 0.925. The Hall–Kier alpha value is -1.32. The summed E-state index contributed by atoms with van der Waals surface area (Å²) < 4.78 is 5.48. The van der Waals surface area contributed by atoms with Crippen molar-refractivity contribution in [1.82, 2.24) is 0 Å². The summed E-state index contributed by atoms with van der Waals surface area (Å²) in [4.78, 5) is 2.99. The van der Waals surface area contributed by atoms with Crippen LogP contribution in [0.5, 0.6) is 5.75 Å². The number of halogens is 1. The van der Waals surface area contributed by atoms with Gasteiger partial charge in [-0.25, -0.2) is 0 Å². The fourth-order valence-corrected chi connectivity index (χ4v) is 4.35. The van der Waals surface area contributed by atoms with E-state index < -0.39 is 0 Å². The van der Waals surface area contributed by atoms with Gasteiger partial charge in [0.15, 0.2) is 0 Å². The van der Waals surface area contributed by atoms with Crippen molar-refractivity contribution in [3.63, 3.8) is 0 Å². The van der Waals surface area contributed by atoms with Crippen molar-refractivity contribution in [2.45, 2.75) is 18.2 Å². The highest BCUT2D eigenvalue weighted by atomic mass is 79.9. The summed E-state index contributed by atoms with van der Waals surface area (Å²) in [6.07, 6.45) is 1.09. The molecule has 0 fully saturated rings. The molecule has 3 rings (SSSR count). The van der Waals surface area contributed by atoms with Gasteiger partial charge in [0.05, 0.1) is 11.9 Å². The van der Waals surface area contributed by atoms with Crippen molar-refractivity contribution in [1.29, 1.82) is 0 Å². The predicted molar refractivity (Wildman–Crippen MR) is 95.0 cm³/mol. The van der Waals surface area contributed by atoms with Gasteiger partial charge in [0.25, 0.3) is 0 Å². The Morgan fingerprint density at radius 3 is 2.48 bits per heavy atom. The van der Waals surface area contributed by atoms with Crippen LogP contribution in [0.3, 0.4) is 0 Å². The Morgan fingerprint density at radius 1 is 1.05 bits per heavy atom. The zero-order valence-corrected chi connectivity index (χ0v) is 14.5. The number of fused-ring (bicyclic) bond motifs is 1. The molecule has 0 aliphatic heterocycles. The number of methoxy groups -OCH3 is 1. The van der Waals surface area contributed by atoms with Crippen LogP contribution in [0, 0.1) is 0 Å². The summed E-state index contributed by atoms with van der Waals surface area (Å²) in [5.41, 5.74) is 1.29. The molecule has 0 aliphatic carbocycles. The molecule has 0 saturated heterocycles. The Balaban J connectivity index is 2.11. The normalized spacial score (nSPS) is 12.5. The molecule has 3 aromatic rings. The van der Waals surface area contributed by atoms with Gasteiger partial charge in [-0.2, -0.15) is 0 Å². The molecule has 0 aliphatic rings. The minimum Gasteiger partial charge on any atom is -0.496 e. The number of benzene rings is 2. The largest absolute Gasteiger partial charge is 0.496 e. The number of hydrogen-bond acceptors (Lipinski definition) is 2. The molecule has 1 atom stereocenters. The van der Waals surface area contributed by atoms with Crippen LogP contribution in [0.1, 0.15) is 27.1 Å². The molecule has 2 aromatic carbocycles. The zero-order valence-electron chi connectivity index (χ0n) is 12.1. The fraction of sp³-hybridized carbons (Fsp3) is 0.222. The van der Waals surface area contributed by atoms with Gasteiger partial charge in [0, 0.05) is 15.1 Å². The second-order valence-electron chi connectivity index (χ2n) is 4.92. The summed E-state index contributed by atoms with van der Waals surface area (Å²) in [6.45, 7) is 2.20. The molecule has 3 heteroatoms. The van der Waals surface area contributed by atoms with Crippen molar-refractivity contribution in [2.24, 2.45) is 0 Å². The van der Waals surface area contributed by atoms with Gasteiger partial charge in [-0.05, 0) is 35.6 Å². The van der Waals surface area contributed by atoms with Gasteiger partial charge in [0.1, 0.15) is 5.75 Å². The van der Waals surface area contributed by atoms with Crippen LogP contribution in [-0.4, -0.2) is 7.11 Å². The molecular formula is C18H17BrOS. The molecule has 1 heterocycles. The van der Waals surface area contributed by atoms with Crippen molar-refractivity contribution < 1.29 is 4.74 Å². The quantitative estimate of drug-likeness (QED) is 0.521. The molecule has 1 aromatic heterocycles. The van der Waals surface area contributed by atoms with E-state index in [1.807, 2.05) is 11.3 Å². The third-order valence-corrected chi connectivity index (χ3v) is 6.28. The first kappa shape index (κ1) is 14.6. The van der Waals surface area contributed by atoms with Gasteiger partial charge < -0.3 is 4.74 Å². The number of ether oxygens (including phenoxy) is 1. The number of rotatable bonds is 4. The van der Waals surface area contributed by atoms with Crippen molar-refractivity contribution in [2.75, 3.05) is 7.11 Å². The summed E-state index contributed by atoms with van der Waals surface area (Å²) in [5, 5.41) is 2.40. The first-order valence-corrected chi connectivity index (χ1v) is 8.76. The van der Waals surface area contributed by atoms with Crippen LogP contribution < -0.4 is 4.74 Å². The minimum atomic E-state index is 0.221. The maximum Gasteiger partial charge on any atom is 0.126 e. The van der Waals surface area contributed by atoms with E-state index in [2.05, 4.69) is 71.4 Å². The molecular weight excluding hydrogens is 344 g/mol. The van der Waals surface area contributed by atoms with E-state index in [1.165, 1.54) is 20.7 Å². The lowest BCUT2D eigenvalue weighted by molar-refractivity contribution is 0.419. The molecule has 1 unspecified atom stereocenters. The SMILES string of the molecule is CCc1ccc(C(Br)c2ccc(OC)c3ccccc23)s1. The molecule has 108 valence electrons. The van der Waals surface area contributed by atoms with Crippen molar-refractivity contribution >= 4 is 38.0 Å². The second kappa shape index (κ2) is 6.20. The monoisotopic (exact) mass is 360 g/mol. The van der Waals surface area contributed by atoms with Gasteiger partial charge in [0.2, 0.25) is 0 Å². The fourth-order valence-electron chi connectivity index (χ4n) is 2.57. The average molecular weight is 361 g/mol. The maximum atomic E-state index is 5.48. The van der Waals surface area contributed by atoms with Gasteiger partial charge in [-0.15, -0.1) is 11.3 Å². The highest BCUT2D eigenvalue weighted by molar-refractivity contribution is 9.09. The van der Waals surface area contributed by atoms with Crippen molar-refractivity contribution in [3.05, 3.63) is 63.8 Å². The Bertz CT molecular complexity index is 763. The molecule has 1 nitrogen and oxygen atoms in total. The number of thiophene rings is 1. The lowest BCUT2D eigenvalue weighted by Crippen LogP contribution is -1.93. The van der Waals surface area contributed by atoms with Crippen LogP contribution in [-0.2, 0) is 6.42 Å². The Kier molecular flexibility index (Phi) is 4.32. The minimum absolute atomic E-state index is 0.221. The third-order valence-electron chi connectivity index (χ3n) is 3.69. The summed E-state index contributed by atoms with van der Waals surface area (Å²) >= 11 is 5.75. The van der Waals surface area contributed by atoms with Crippen LogP contribution in [0.4, 0.5) is 0 Å². The molecule has 0 spiro atoms. The smallest absolute Gasteiger partial charge is 0.126 e. The zero-order chi connectivity index (χ0) is 14.8. The second-order valence-corrected chi connectivity index (χ2v) is 7.04. The topological polar surface area (TPSA) is 9.23 Å². The summed E-state index contributed by atoms with van der Waals surface area (Å²) in [7, 11) is 1.72.